The highest BCUT2D eigenvalue weighted by atomic mass is 16.4. The van der Waals surface area contributed by atoms with Crippen molar-refractivity contribution in [1.82, 2.24) is 9.97 Å². The standard InChI is InChI=1S/C12H17N3O2/c1-2-15(6-5-9-3-4-9)11-8-13-10(7-14-11)12(16)17/h7-9H,2-6H2,1H3,(H,16,17). The summed E-state index contributed by atoms with van der Waals surface area (Å²) in [6.07, 6.45) is 6.75. The Bertz CT molecular complexity index is 387. The highest BCUT2D eigenvalue weighted by molar-refractivity contribution is 5.84. The van der Waals surface area contributed by atoms with Gasteiger partial charge in [-0.15, -0.1) is 0 Å². The van der Waals surface area contributed by atoms with Gasteiger partial charge in [-0.25, -0.2) is 14.8 Å². The number of carboxylic acids is 1. The van der Waals surface area contributed by atoms with E-state index < -0.39 is 5.97 Å². The molecule has 5 nitrogen and oxygen atoms in total. The van der Waals surface area contributed by atoms with Crippen LogP contribution in [-0.2, 0) is 0 Å². The van der Waals surface area contributed by atoms with E-state index in [1.807, 2.05) is 0 Å². The molecule has 1 aromatic rings. The second-order valence-corrected chi connectivity index (χ2v) is 4.38. The minimum absolute atomic E-state index is 0.00741. The molecule has 0 saturated heterocycles. The molecule has 0 aromatic carbocycles. The van der Waals surface area contributed by atoms with Gasteiger partial charge in [0.05, 0.1) is 12.4 Å². The molecule has 1 aliphatic carbocycles. The first-order valence-corrected chi connectivity index (χ1v) is 6.01. The van der Waals surface area contributed by atoms with Crippen LogP contribution in [0, 0.1) is 5.92 Å². The van der Waals surface area contributed by atoms with Gasteiger partial charge < -0.3 is 10.0 Å². The molecule has 5 heteroatoms. The van der Waals surface area contributed by atoms with E-state index in [0.29, 0.717) is 0 Å². The SMILES string of the molecule is CCN(CCC1CC1)c1cnc(C(=O)O)cn1. The number of aromatic carboxylic acids is 1. The van der Waals surface area contributed by atoms with Crippen LogP contribution in [0.4, 0.5) is 5.82 Å². The number of nitrogens with zero attached hydrogens (tertiary/aromatic N) is 3. The second-order valence-electron chi connectivity index (χ2n) is 4.38. The average Bonchev–Trinajstić information content (AvgIpc) is 3.14. The lowest BCUT2D eigenvalue weighted by atomic mass is 10.3. The number of hydrogen-bond donors (Lipinski definition) is 1. The van der Waals surface area contributed by atoms with Gasteiger partial charge in [0.15, 0.2) is 5.69 Å². The fourth-order valence-corrected chi connectivity index (χ4v) is 1.77. The van der Waals surface area contributed by atoms with Crippen molar-refractivity contribution in [3.05, 3.63) is 18.1 Å². The molecule has 1 saturated carbocycles. The van der Waals surface area contributed by atoms with Crippen LogP contribution in [0.25, 0.3) is 0 Å². The van der Waals surface area contributed by atoms with E-state index >= 15 is 0 Å². The van der Waals surface area contributed by atoms with Crippen LogP contribution in [0.3, 0.4) is 0 Å². The summed E-state index contributed by atoms with van der Waals surface area (Å²) in [6, 6.07) is 0. The maximum atomic E-state index is 10.7. The molecule has 1 aliphatic rings. The molecule has 17 heavy (non-hydrogen) atoms. The minimum atomic E-state index is -1.04. The molecule has 92 valence electrons. The summed E-state index contributed by atoms with van der Waals surface area (Å²) in [4.78, 5) is 20.8. The lowest BCUT2D eigenvalue weighted by Crippen LogP contribution is -2.25. The third-order valence-electron chi connectivity index (χ3n) is 3.07. The molecule has 1 aromatic heterocycles. The van der Waals surface area contributed by atoms with Gasteiger partial charge in [0.1, 0.15) is 5.82 Å². The summed E-state index contributed by atoms with van der Waals surface area (Å²) in [6.45, 7) is 3.91. The van der Waals surface area contributed by atoms with Crippen molar-refractivity contribution in [1.29, 1.82) is 0 Å². The van der Waals surface area contributed by atoms with Crippen molar-refractivity contribution in [2.24, 2.45) is 5.92 Å². The highest BCUT2D eigenvalue weighted by Gasteiger charge is 2.22. The zero-order valence-corrected chi connectivity index (χ0v) is 9.96. The van der Waals surface area contributed by atoms with Gasteiger partial charge in [-0.3, -0.25) is 0 Å². The first kappa shape index (κ1) is 11.8. The molecule has 1 fully saturated rings. The zero-order chi connectivity index (χ0) is 12.3. The fourth-order valence-electron chi connectivity index (χ4n) is 1.77. The Labute approximate surface area is 100 Å². The molecule has 0 atom stereocenters. The van der Waals surface area contributed by atoms with Crippen molar-refractivity contribution in [2.45, 2.75) is 26.2 Å². The van der Waals surface area contributed by atoms with Crippen LogP contribution < -0.4 is 4.90 Å². The summed E-state index contributed by atoms with van der Waals surface area (Å²) >= 11 is 0. The summed E-state index contributed by atoms with van der Waals surface area (Å²) in [7, 11) is 0. The molecule has 1 N–H and O–H groups in total. The Balaban J connectivity index is 1.99. The maximum absolute atomic E-state index is 10.7. The topological polar surface area (TPSA) is 66.3 Å². The first-order valence-electron chi connectivity index (χ1n) is 6.01. The molecular weight excluding hydrogens is 218 g/mol. The Hall–Kier alpha value is -1.65. The zero-order valence-electron chi connectivity index (χ0n) is 9.96. The van der Waals surface area contributed by atoms with Crippen LogP contribution in [0.1, 0.15) is 36.7 Å². The quantitative estimate of drug-likeness (QED) is 0.814. The number of hydrogen-bond acceptors (Lipinski definition) is 4. The lowest BCUT2D eigenvalue weighted by molar-refractivity contribution is 0.0690. The predicted molar refractivity (Wildman–Crippen MR) is 64.2 cm³/mol. The summed E-state index contributed by atoms with van der Waals surface area (Å²) in [5.41, 5.74) is -0.00741. The Morgan fingerprint density at radius 3 is 2.71 bits per heavy atom. The second kappa shape index (κ2) is 5.12. The highest BCUT2D eigenvalue weighted by Crippen LogP contribution is 2.32. The number of anilines is 1. The number of aromatic nitrogens is 2. The van der Waals surface area contributed by atoms with E-state index in [1.54, 1.807) is 6.20 Å². The molecule has 0 bridgehead atoms. The van der Waals surface area contributed by atoms with Gasteiger partial charge in [-0.2, -0.15) is 0 Å². The van der Waals surface area contributed by atoms with Crippen LogP contribution in [0.5, 0.6) is 0 Å². The molecule has 0 aliphatic heterocycles. The monoisotopic (exact) mass is 235 g/mol. The van der Waals surface area contributed by atoms with E-state index in [9.17, 15) is 4.79 Å². The molecule has 0 unspecified atom stereocenters. The summed E-state index contributed by atoms with van der Waals surface area (Å²) in [5, 5.41) is 8.74. The smallest absolute Gasteiger partial charge is 0.356 e. The van der Waals surface area contributed by atoms with E-state index in [0.717, 1.165) is 24.8 Å². The van der Waals surface area contributed by atoms with Gasteiger partial charge in [-0.05, 0) is 19.3 Å². The summed E-state index contributed by atoms with van der Waals surface area (Å²) < 4.78 is 0. The summed E-state index contributed by atoms with van der Waals surface area (Å²) in [5.74, 6) is 0.610. The van der Waals surface area contributed by atoms with Crippen LogP contribution >= 0.6 is 0 Å². The Morgan fingerprint density at radius 2 is 2.24 bits per heavy atom. The van der Waals surface area contributed by atoms with Gasteiger partial charge >= 0.3 is 5.97 Å². The molecule has 0 amide bonds. The molecule has 1 heterocycles. The molecule has 0 spiro atoms. The maximum Gasteiger partial charge on any atom is 0.356 e. The van der Waals surface area contributed by atoms with Crippen LogP contribution in [-0.4, -0.2) is 34.1 Å². The Kier molecular flexibility index (Phi) is 3.56. The van der Waals surface area contributed by atoms with Gasteiger partial charge in [0, 0.05) is 13.1 Å². The normalized spacial score (nSPS) is 14.6. The van der Waals surface area contributed by atoms with Crippen molar-refractivity contribution < 1.29 is 9.90 Å². The molecule has 0 radical (unpaired) electrons. The van der Waals surface area contributed by atoms with Gasteiger partial charge in [-0.1, -0.05) is 12.8 Å². The minimum Gasteiger partial charge on any atom is -0.476 e. The van der Waals surface area contributed by atoms with Crippen molar-refractivity contribution in [3.8, 4) is 0 Å². The van der Waals surface area contributed by atoms with E-state index in [-0.39, 0.29) is 5.69 Å². The number of carboxylic acid groups (broad SMARTS) is 1. The largest absolute Gasteiger partial charge is 0.476 e. The van der Waals surface area contributed by atoms with E-state index in [4.69, 9.17) is 5.11 Å². The first-order chi connectivity index (χ1) is 8.20. The van der Waals surface area contributed by atoms with E-state index in [1.165, 1.54) is 25.5 Å². The van der Waals surface area contributed by atoms with Crippen LogP contribution in [0.2, 0.25) is 0 Å². The van der Waals surface area contributed by atoms with Gasteiger partial charge in [0.25, 0.3) is 0 Å². The van der Waals surface area contributed by atoms with Crippen molar-refractivity contribution in [3.63, 3.8) is 0 Å². The predicted octanol–water partition coefficient (Wildman–Crippen LogP) is 1.80. The van der Waals surface area contributed by atoms with Gasteiger partial charge in [0.2, 0.25) is 0 Å². The third kappa shape index (κ3) is 3.15. The third-order valence-corrected chi connectivity index (χ3v) is 3.07. The molecule has 2 rings (SSSR count). The lowest BCUT2D eigenvalue weighted by Gasteiger charge is -2.21. The van der Waals surface area contributed by atoms with Crippen molar-refractivity contribution in [2.75, 3.05) is 18.0 Å². The van der Waals surface area contributed by atoms with E-state index in [2.05, 4.69) is 21.8 Å². The fraction of sp³-hybridized carbons (Fsp3) is 0.583. The van der Waals surface area contributed by atoms with Crippen molar-refractivity contribution >= 4 is 11.8 Å². The number of carbonyl (C=O) groups is 1. The number of rotatable bonds is 6. The average molecular weight is 235 g/mol. The van der Waals surface area contributed by atoms with Crippen LogP contribution in [0.15, 0.2) is 12.4 Å². The molecular formula is C12H17N3O2. The Morgan fingerprint density at radius 1 is 1.47 bits per heavy atom.